The molecule has 4 heteroatoms. The minimum absolute atomic E-state index is 0. The van der Waals surface area contributed by atoms with Gasteiger partial charge in [0, 0.05) is 0 Å². The largest absolute Gasteiger partial charge is 0.369 e. The van der Waals surface area contributed by atoms with Crippen LogP contribution in [0.1, 0.15) is 26.2 Å². The third-order valence-electron chi connectivity index (χ3n) is 2.76. The van der Waals surface area contributed by atoms with Crippen molar-refractivity contribution >= 4 is 18.3 Å². The van der Waals surface area contributed by atoms with Gasteiger partial charge in [-0.3, -0.25) is 4.79 Å². The SMILES string of the molecule is CCC1(C(N)=O)CCNCC1.Cl. The lowest BCUT2D eigenvalue weighted by molar-refractivity contribution is -0.129. The number of piperidine rings is 1. The van der Waals surface area contributed by atoms with E-state index < -0.39 is 0 Å². The number of halogens is 1. The predicted molar refractivity (Wildman–Crippen MR) is 51.3 cm³/mol. The van der Waals surface area contributed by atoms with Crippen molar-refractivity contribution in [2.24, 2.45) is 11.1 Å². The highest BCUT2D eigenvalue weighted by Crippen LogP contribution is 2.31. The summed E-state index contributed by atoms with van der Waals surface area (Å²) in [6.07, 6.45) is 2.68. The molecule has 1 amide bonds. The van der Waals surface area contributed by atoms with Crippen LogP contribution in [-0.2, 0) is 4.79 Å². The van der Waals surface area contributed by atoms with Crippen LogP contribution in [0.4, 0.5) is 0 Å². The van der Waals surface area contributed by atoms with Gasteiger partial charge in [-0.15, -0.1) is 12.4 Å². The van der Waals surface area contributed by atoms with Crippen molar-refractivity contribution in [2.45, 2.75) is 26.2 Å². The summed E-state index contributed by atoms with van der Waals surface area (Å²) in [5.41, 5.74) is 5.14. The van der Waals surface area contributed by atoms with E-state index in [4.69, 9.17) is 5.73 Å². The molecule has 3 N–H and O–H groups in total. The second-order valence-electron chi connectivity index (χ2n) is 3.25. The molecule has 1 fully saturated rings. The molecule has 12 heavy (non-hydrogen) atoms. The Morgan fingerprint density at radius 3 is 2.25 bits per heavy atom. The zero-order chi connectivity index (χ0) is 8.32. The van der Waals surface area contributed by atoms with E-state index in [0.717, 1.165) is 32.4 Å². The van der Waals surface area contributed by atoms with E-state index in [9.17, 15) is 4.79 Å². The van der Waals surface area contributed by atoms with Crippen LogP contribution in [0.2, 0.25) is 0 Å². The van der Waals surface area contributed by atoms with Crippen LogP contribution in [-0.4, -0.2) is 19.0 Å². The molecule has 0 spiro atoms. The topological polar surface area (TPSA) is 55.1 Å². The molecule has 0 bridgehead atoms. The molecule has 0 unspecified atom stereocenters. The average Bonchev–Trinajstić information content (AvgIpc) is 2.05. The molecule has 0 aromatic heterocycles. The zero-order valence-corrected chi connectivity index (χ0v) is 8.25. The predicted octanol–water partition coefficient (Wildman–Crippen LogP) is 0.673. The minimum Gasteiger partial charge on any atom is -0.369 e. The molecular formula is C8H17ClN2O. The van der Waals surface area contributed by atoms with Crippen LogP contribution < -0.4 is 11.1 Å². The maximum Gasteiger partial charge on any atom is 0.223 e. The zero-order valence-electron chi connectivity index (χ0n) is 7.43. The molecule has 1 saturated heterocycles. The molecule has 1 aliphatic rings. The Labute approximate surface area is 79.5 Å². The Morgan fingerprint density at radius 2 is 2.00 bits per heavy atom. The van der Waals surface area contributed by atoms with Crippen molar-refractivity contribution in [3.63, 3.8) is 0 Å². The smallest absolute Gasteiger partial charge is 0.223 e. The number of nitrogens with one attached hydrogen (secondary N) is 1. The second kappa shape index (κ2) is 4.67. The summed E-state index contributed by atoms with van der Waals surface area (Å²) in [4.78, 5) is 11.1. The summed E-state index contributed by atoms with van der Waals surface area (Å²) >= 11 is 0. The standard InChI is InChI=1S/C8H16N2O.ClH/c1-2-8(7(9)11)3-5-10-6-4-8;/h10H,2-6H2,1H3,(H2,9,11);1H. The van der Waals surface area contributed by atoms with E-state index in [1.807, 2.05) is 6.92 Å². The van der Waals surface area contributed by atoms with Crippen molar-refractivity contribution in [1.82, 2.24) is 5.32 Å². The van der Waals surface area contributed by atoms with E-state index in [-0.39, 0.29) is 23.7 Å². The average molecular weight is 193 g/mol. The lowest BCUT2D eigenvalue weighted by Crippen LogP contribution is -2.45. The number of primary amides is 1. The van der Waals surface area contributed by atoms with Crippen LogP contribution in [0, 0.1) is 5.41 Å². The number of nitrogens with two attached hydrogens (primary N) is 1. The highest BCUT2D eigenvalue weighted by atomic mass is 35.5. The number of hydrogen-bond acceptors (Lipinski definition) is 2. The number of carbonyl (C=O) groups excluding carboxylic acids is 1. The molecule has 0 atom stereocenters. The maximum atomic E-state index is 11.1. The number of amides is 1. The fourth-order valence-electron chi connectivity index (χ4n) is 1.68. The first-order valence-electron chi connectivity index (χ1n) is 4.22. The van der Waals surface area contributed by atoms with Gasteiger partial charge in [0.05, 0.1) is 5.41 Å². The minimum atomic E-state index is -0.203. The summed E-state index contributed by atoms with van der Waals surface area (Å²) in [5, 5.41) is 3.22. The van der Waals surface area contributed by atoms with Gasteiger partial charge >= 0.3 is 0 Å². The highest BCUT2D eigenvalue weighted by Gasteiger charge is 2.35. The van der Waals surface area contributed by atoms with Crippen molar-refractivity contribution in [2.75, 3.05) is 13.1 Å². The van der Waals surface area contributed by atoms with E-state index in [1.54, 1.807) is 0 Å². The second-order valence-corrected chi connectivity index (χ2v) is 3.25. The van der Waals surface area contributed by atoms with E-state index in [1.165, 1.54) is 0 Å². The molecule has 0 aliphatic carbocycles. The van der Waals surface area contributed by atoms with E-state index in [0.29, 0.717) is 0 Å². The summed E-state index contributed by atoms with van der Waals surface area (Å²) in [6, 6.07) is 0. The van der Waals surface area contributed by atoms with Crippen LogP contribution in [0.3, 0.4) is 0 Å². The Bertz CT molecular complexity index is 155. The molecular weight excluding hydrogens is 176 g/mol. The Kier molecular flexibility index (Phi) is 4.57. The molecule has 1 aliphatic heterocycles. The van der Waals surface area contributed by atoms with Crippen LogP contribution in [0.5, 0.6) is 0 Å². The summed E-state index contributed by atoms with van der Waals surface area (Å²) in [7, 11) is 0. The number of rotatable bonds is 2. The monoisotopic (exact) mass is 192 g/mol. The molecule has 0 aromatic rings. The molecule has 0 aromatic carbocycles. The van der Waals surface area contributed by atoms with Crippen molar-refractivity contribution in [1.29, 1.82) is 0 Å². The first-order valence-corrected chi connectivity index (χ1v) is 4.22. The van der Waals surface area contributed by atoms with Crippen LogP contribution in [0.15, 0.2) is 0 Å². The van der Waals surface area contributed by atoms with Crippen LogP contribution in [0.25, 0.3) is 0 Å². The fourth-order valence-corrected chi connectivity index (χ4v) is 1.68. The lowest BCUT2D eigenvalue weighted by atomic mass is 9.76. The van der Waals surface area contributed by atoms with Gasteiger partial charge in [-0.05, 0) is 32.4 Å². The summed E-state index contributed by atoms with van der Waals surface area (Å²) in [6.45, 7) is 3.89. The Morgan fingerprint density at radius 1 is 1.50 bits per heavy atom. The van der Waals surface area contributed by atoms with Crippen molar-refractivity contribution < 1.29 is 4.79 Å². The normalized spacial score (nSPS) is 21.1. The highest BCUT2D eigenvalue weighted by molar-refractivity contribution is 5.85. The molecule has 3 nitrogen and oxygen atoms in total. The molecule has 72 valence electrons. The summed E-state index contributed by atoms with van der Waals surface area (Å²) in [5.74, 6) is -0.124. The third-order valence-corrected chi connectivity index (χ3v) is 2.76. The van der Waals surface area contributed by atoms with Gasteiger partial charge in [-0.25, -0.2) is 0 Å². The Balaban J connectivity index is 0.00000121. The maximum absolute atomic E-state index is 11.1. The third kappa shape index (κ3) is 2.11. The van der Waals surface area contributed by atoms with Gasteiger partial charge in [0.2, 0.25) is 5.91 Å². The molecule has 1 heterocycles. The number of carbonyl (C=O) groups is 1. The van der Waals surface area contributed by atoms with Crippen molar-refractivity contribution in [3.8, 4) is 0 Å². The molecule has 1 rings (SSSR count). The molecule has 0 saturated carbocycles. The van der Waals surface area contributed by atoms with Crippen molar-refractivity contribution in [3.05, 3.63) is 0 Å². The number of hydrogen-bond donors (Lipinski definition) is 2. The summed E-state index contributed by atoms with van der Waals surface area (Å²) < 4.78 is 0. The Hall–Kier alpha value is -0.280. The van der Waals surface area contributed by atoms with E-state index >= 15 is 0 Å². The first-order chi connectivity index (χ1) is 5.21. The van der Waals surface area contributed by atoms with E-state index in [2.05, 4.69) is 5.32 Å². The van der Waals surface area contributed by atoms with Gasteiger partial charge < -0.3 is 11.1 Å². The fraction of sp³-hybridized carbons (Fsp3) is 0.875. The quantitative estimate of drug-likeness (QED) is 0.676. The van der Waals surface area contributed by atoms with Gasteiger partial charge in [0.25, 0.3) is 0 Å². The first kappa shape index (κ1) is 11.7. The van der Waals surface area contributed by atoms with Crippen LogP contribution >= 0.6 is 12.4 Å². The molecule has 0 radical (unpaired) electrons. The van der Waals surface area contributed by atoms with Gasteiger partial charge in [0.1, 0.15) is 0 Å². The lowest BCUT2D eigenvalue weighted by Gasteiger charge is -2.33. The van der Waals surface area contributed by atoms with Gasteiger partial charge in [-0.1, -0.05) is 6.92 Å². The van der Waals surface area contributed by atoms with Gasteiger partial charge in [0.15, 0.2) is 0 Å². The van der Waals surface area contributed by atoms with Gasteiger partial charge in [-0.2, -0.15) is 0 Å².